The molecule has 1 aliphatic heterocycles. The Balaban J connectivity index is 1.45. The van der Waals surface area contributed by atoms with Crippen LogP contribution in [0.4, 0.5) is 19.0 Å². The maximum atomic E-state index is 12.8. The molecular formula is C20H22F3N5O. The molecule has 0 aliphatic carbocycles. The highest BCUT2D eigenvalue weighted by atomic mass is 19.4. The van der Waals surface area contributed by atoms with Crippen LogP contribution in [0.5, 0.6) is 0 Å². The Morgan fingerprint density at radius 2 is 1.86 bits per heavy atom. The molecule has 0 aromatic carbocycles. The Labute approximate surface area is 165 Å². The molecule has 4 heterocycles. The summed E-state index contributed by atoms with van der Waals surface area (Å²) in [6.45, 7) is 4.50. The van der Waals surface area contributed by atoms with Gasteiger partial charge in [-0.2, -0.15) is 13.2 Å². The first-order valence-corrected chi connectivity index (χ1v) is 9.70. The molecule has 0 bridgehead atoms. The zero-order valence-electron chi connectivity index (χ0n) is 16.1. The lowest BCUT2D eigenvalue weighted by Crippen LogP contribution is -2.37. The lowest BCUT2D eigenvalue weighted by atomic mass is 9.96. The molecule has 154 valence electrons. The molecule has 1 saturated heterocycles. The number of aryl methyl sites for hydroxylation is 1. The number of alkyl halides is 3. The molecule has 0 radical (unpaired) electrons. The van der Waals surface area contributed by atoms with Crippen molar-refractivity contribution >= 4 is 17.0 Å². The quantitative estimate of drug-likeness (QED) is 0.666. The molecule has 6 nitrogen and oxygen atoms in total. The van der Waals surface area contributed by atoms with Gasteiger partial charge in [-0.1, -0.05) is 0 Å². The third-order valence-electron chi connectivity index (χ3n) is 5.55. The minimum Gasteiger partial charge on any atom is -0.357 e. The van der Waals surface area contributed by atoms with Gasteiger partial charge in [0.15, 0.2) is 5.65 Å². The van der Waals surface area contributed by atoms with Crippen molar-refractivity contribution in [2.24, 2.45) is 5.92 Å². The van der Waals surface area contributed by atoms with E-state index in [9.17, 15) is 18.0 Å². The van der Waals surface area contributed by atoms with Crippen LogP contribution in [0.2, 0.25) is 0 Å². The Kier molecular flexibility index (Phi) is 5.06. The summed E-state index contributed by atoms with van der Waals surface area (Å²) in [7, 11) is 0. The van der Waals surface area contributed by atoms with Crippen LogP contribution < -0.4 is 10.6 Å². The molecule has 3 aromatic rings. The SMILES string of the molecule is CCn1c(=O)n(CC2CCN(c3ccc(C(F)(F)F)cn3)CC2)c2ncccc21. The second-order valence-electron chi connectivity index (χ2n) is 7.32. The summed E-state index contributed by atoms with van der Waals surface area (Å²) in [4.78, 5) is 23.1. The molecule has 1 aliphatic rings. The summed E-state index contributed by atoms with van der Waals surface area (Å²) in [6.07, 6.45) is -0.136. The first kappa shape index (κ1) is 19.5. The standard InChI is InChI=1S/C20H22F3N5O/c1-2-27-16-4-3-9-24-18(16)28(19(27)29)13-14-7-10-26(11-8-14)17-6-5-15(12-25-17)20(21,22)23/h3-6,9,12,14H,2,7-8,10-11,13H2,1H3. The molecule has 0 amide bonds. The van der Waals surface area contributed by atoms with Crippen LogP contribution in [0.3, 0.4) is 0 Å². The number of nitrogens with zero attached hydrogens (tertiary/aromatic N) is 5. The van der Waals surface area contributed by atoms with E-state index < -0.39 is 11.7 Å². The van der Waals surface area contributed by atoms with Gasteiger partial charge in [-0.3, -0.25) is 9.13 Å². The minimum atomic E-state index is -4.38. The summed E-state index contributed by atoms with van der Waals surface area (Å²) in [5.41, 5.74) is 0.751. The number of rotatable bonds is 4. The first-order valence-electron chi connectivity index (χ1n) is 9.70. The molecule has 0 atom stereocenters. The molecule has 9 heteroatoms. The van der Waals surface area contributed by atoms with E-state index in [4.69, 9.17) is 0 Å². The van der Waals surface area contributed by atoms with Gasteiger partial charge in [-0.15, -0.1) is 0 Å². The van der Waals surface area contributed by atoms with Crippen molar-refractivity contribution in [3.05, 3.63) is 52.7 Å². The molecule has 1 fully saturated rings. The van der Waals surface area contributed by atoms with Crippen molar-refractivity contribution in [1.82, 2.24) is 19.1 Å². The average Bonchev–Trinajstić information content (AvgIpc) is 2.99. The van der Waals surface area contributed by atoms with Gasteiger partial charge in [-0.05, 0) is 49.9 Å². The van der Waals surface area contributed by atoms with Gasteiger partial charge in [-0.25, -0.2) is 14.8 Å². The number of pyridine rings is 2. The Bertz CT molecular complexity index is 1050. The fraction of sp³-hybridized carbons (Fsp3) is 0.450. The second kappa shape index (κ2) is 7.53. The van der Waals surface area contributed by atoms with Crippen molar-refractivity contribution < 1.29 is 13.2 Å². The largest absolute Gasteiger partial charge is 0.417 e. The van der Waals surface area contributed by atoms with Gasteiger partial charge in [0, 0.05) is 38.6 Å². The van der Waals surface area contributed by atoms with Gasteiger partial charge < -0.3 is 4.90 Å². The van der Waals surface area contributed by atoms with Crippen LogP contribution in [-0.2, 0) is 19.3 Å². The lowest BCUT2D eigenvalue weighted by molar-refractivity contribution is -0.137. The van der Waals surface area contributed by atoms with Gasteiger partial charge >= 0.3 is 11.9 Å². The van der Waals surface area contributed by atoms with Crippen molar-refractivity contribution in [3.63, 3.8) is 0 Å². The third-order valence-corrected chi connectivity index (χ3v) is 5.55. The van der Waals surface area contributed by atoms with Crippen LogP contribution in [0.15, 0.2) is 41.5 Å². The monoisotopic (exact) mass is 405 g/mol. The molecule has 29 heavy (non-hydrogen) atoms. The second-order valence-corrected chi connectivity index (χ2v) is 7.32. The molecule has 0 saturated carbocycles. The molecule has 4 rings (SSSR count). The van der Waals surface area contributed by atoms with E-state index in [1.165, 1.54) is 6.07 Å². The van der Waals surface area contributed by atoms with Gasteiger partial charge in [0.2, 0.25) is 0 Å². The number of halogens is 3. The fourth-order valence-electron chi connectivity index (χ4n) is 3.96. The Morgan fingerprint density at radius 1 is 1.10 bits per heavy atom. The van der Waals surface area contributed by atoms with E-state index in [1.54, 1.807) is 15.3 Å². The summed E-state index contributed by atoms with van der Waals surface area (Å²) in [6, 6.07) is 6.22. The molecule has 0 N–H and O–H groups in total. The summed E-state index contributed by atoms with van der Waals surface area (Å²) in [5, 5.41) is 0. The van der Waals surface area contributed by atoms with Crippen LogP contribution in [0, 0.1) is 5.92 Å². The predicted molar refractivity (Wildman–Crippen MR) is 104 cm³/mol. The van der Waals surface area contributed by atoms with E-state index in [1.807, 2.05) is 24.0 Å². The Hall–Kier alpha value is -2.84. The molecule has 3 aromatic heterocycles. The van der Waals surface area contributed by atoms with Gasteiger partial charge in [0.25, 0.3) is 0 Å². The van der Waals surface area contributed by atoms with E-state index in [2.05, 4.69) is 9.97 Å². The summed E-state index contributed by atoms with van der Waals surface area (Å²) in [5.74, 6) is 0.856. The normalized spacial score (nSPS) is 15.9. The van der Waals surface area contributed by atoms with Crippen LogP contribution in [0.1, 0.15) is 25.3 Å². The Morgan fingerprint density at radius 3 is 2.48 bits per heavy atom. The van der Waals surface area contributed by atoms with E-state index >= 15 is 0 Å². The molecular weight excluding hydrogens is 383 g/mol. The highest BCUT2D eigenvalue weighted by Crippen LogP contribution is 2.30. The smallest absolute Gasteiger partial charge is 0.357 e. The van der Waals surface area contributed by atoms with Gasteiger partial charge in [0.1, 0.15) is 5.82 Å². The minimum absolute atomic E-state index is 0.0481. The van der Waals surface area contributed by atoms with Crippen molar-refractivity contribution in [3.8, 4) is 0 Å². The van der Waals surface area contributed by atoms with E-state index in [0.717, 1.165) is 30.6 Å². The average molecular weight is 405 g/mol. The number of aromatic nitrogens is 4. The summed E-state index contributed by atoms with van der Waals surface area (Å²) >= 11 is 0. The number of fused-ring (bicyclic) bond motifs is 1. The highest BCUT2D eigenvalue weighted by Gasteiger charge is 2.31. The first-order chi connectivity index (χ1) is 13.9. The van der Waals surface area contributed by atoms with Crippen LogP contribution in [-0.4, -0.2) is 32.2 Å². The van der Waals surface area contributed by atoms with Crippen molar-refractivity contribution in [2.75, 3.05) is 18.0 Å². The molecule has 0 spiro atoms. The van der Waals surface area contributed by atoms with Crippen molar-refractivity contribution in [2.45, 2.75) is 39.0 Å². The number of anilines is 1. The highest BCUT2D eigenvalue weighted by molar-refractivity contribution is 5.71. The van der Waals surface area contributed by atoms with Crippen LogP contribution >= 0.6 is 0 Å². The number of hydrogen-bond donors (Lipinski definition) is 0. The lowest BCUT2D eigenvalue weighted by Gasteiger charge is -2.33. The fourth-order valence-corrected chi connectivity index (χ4v) is 3.96. The maximum absolute atomic E-state index is 12.8. The number of imidazole rings is 1. The summed E-state index contributed by atoms with van der Waals surface area (Å²) < 4.78 is 41.6. The van der Waals surface area contributed by atoms with Gasteiger partial charge in [0.05, 0.1) is 11.1 Å². The zero-order valence-corrected chi connectivity index (χ0v) is 16.1. The van der Waals surface area contributed by atoms with E-state index in [-0.39, 0.29) is 5.69 Å². The van der Waals surface area contributed by atoms with E-state index in [0.29, 0.717) is 43.6 Å². The topological polar surface area (TPSA) is 56.0 Å². The van der Waals surface area contributed by atoms with Crippen LogP contribution in [0.25, 0.3) is 11.2 Å². The van der Waals surface area contributed by atoms with Crippen molar-refractivity contribution in [1.29, 1.82) is 0 Å². The zero-order chi connectivity index (χ0) is 20.6. The maximum Gasteiger partial charge on any atom is 0.417 e. The number of piperidine rings is 1. The molecule has 0 unspecified atom stereocenters. The number of hydrogen-bond acceptors (Lipinski definition) is 4. The third kappa shape index (κ3) is 3.73. The predicted octanol–water partition coefficient (Wildman–Crippen LogP) is 3.55.